The molecule has 34 heavy (non-hydrogen) atoms. The Bertz CT molecular complexity index is 1080. The number of nitrogens with one attached hydrogen (secondary N) is 1. The van der Waals surface area contributed by atoms with Gasteiger partial charge in [-0.25, -0.2) is 4.79 Å². The first-order chi connectivity index (χ1) is 16.1. The van der Waals surface area contributed by atoms with Gasteiger partial charge in [0, 0.05) is 0 Å². The molecule has 7 nitrogen and oxygen atoms in total. The first-order valence-electron chi connectivity index (χ1n) is 9.94. The predicted molar refractivity (Wildman–Crippen MR) is 112 cm³/mol. The Morgan fingerprint density at radius 1 is 1.00 bits per heavy atom. The topological polar surface area (TPSA) is 101 Å². The van der Waals surface area contributed by atoms with Gasteiger partial charge < -0.3 is 25.0 Å². The number of amides is 1. The number of aliphatic hydroxyl groups excluding tert-OH is 1. The van der Waals surface area contributed by atoms with Gasteiger partial charge in [-0.1, -0.05) is 30.3 Å². The second kappa shape index (κ2) is 10.8. The van der Waals surface area contributed by atoms with Gasteiger partial charge in [0.15, 0.2) is 0 Å². The molecule has 11 heteroatoms. The van der Waals surface area contributed by atoms with Gasteiger partial charge in [-0.05, 0) is 48.4 Å². The van der Waals surface area contributed by atoms with Gasteiger partial charge in [-0.3, -0.25) is 4.98 Å². The summed E-state index contributed by atoms with van der Waals surface area (Å²) in [5, 5.41) is 22.0. The number of benzene rings is 2. The van der Waals surface area contributed by atoms with Gasteiger partial charge in [0.05, 0.1) is 17.9 Å². The molecule has 3 N–H and O–H groups in total. The van der Waals surface area contributed by atoms with Crippen LogP contribution in [0.4, 0.5) is 22.4 Å². The number of carbonyl (C=O) groups is 1. The number of hydrogen-bond acceptors (Lipinski definition) is 5. The van der Waals surface area contributed by atoms with Gasteiger partial charge >= 0.3 is 18.6 Å². The average molecular weight is 480 g/mol. The van der Waals surface area contributed by atoms with Crippen molar-refractivity contribution in [1.29, 1.82) is 0 Å². The van der Waals surface area contributed by atoms with Crippen molar-refractivity contribution in [2.45, 2.75) is 31.1 Å². The summed E-state index contributed by atoms with van der Waals surface area (Å²) >= 11 is 0. The average Bonchev–Trinajstić information content (AvgIpc) is 2.79. The highest BCUT2D eigenvalue weighted by Crippen LogP contribution is 2.29. The van der Waals surface area contributed by atoms with E-state index in [1.807, 2.05) is 6.07 Å². The first-order valence-corrected chi connectivity index (χ1v) is 9.94. The standard InChI is InChI=1S/C23H20F4N2O5/c24-21(25)23(26,27)34-16-8-4-5-14(11-16)12-19(29-22(31)32)20(30)18-10-9-17(13-28-18)33-15-6-2-1-3-7-15/h1-11,13,19-21,29-30H,12H2,(H,31,32). The van der Waals surface area contributed by atoms with E-state index in [2.05, 4.69) is 15.0 Å². The summed E-state index contributed by atoms with van der Waals surface area (Å²) in [5.41, 5.74) is 0.375. The van der Waals surface area contributed by atoms with E-state index >= 15 is 0 Å². The van der Waals surface area contributed by atoms with E-state index in [1.54, 1.807) is 24.3 Å². The third kappa shape index (κ3) is 6.82. The molecule has 0 bridgehead atoms. The summed E-state index contributed by atoms with van der Waals surface area (Å²) in [4.78, 5) is 15.4. The van der Waals surface area contributed by atoms with Gasteiger partial charge in [-0.15, -0.1) is 0 Å². The molecule has 3 aromatic rings. The van der Waals surface area contributed by atoms with Crippen LogP contribution in [0, 0.1) is 0 Å². The van der Waals surface area contributed by atoms with E-state index in [4.69, 9.17) is 9.84 Å². The van der Waals surface area contributed by atoms with E-state index in [9.17, 15) is 27.5 Å². The van der Waals surface area contributed by atoms with Crippen LogP contribution >= 0.6 is 0 Å². The highest BCUT2D eigenvalue weighted by Gasteiger charge is 2.44. The third-order valence-electron chi connectivity index (χ3n) is 4.59. The molecule has 1 aromatic heterocycles. The van der Waals surface area contributed by atoms with E-state index in [-0.39, 0.29) is 17.7 Å². The fourth-order valence-electron chi connectivity index (χ4n) is 3.05. The molecule has 1 amide bonds. The molecular formula is C23H20F4N2O5. The molecular weight excluding hydrogens is 460 g/mol. The number of nitrogens with zero attached hydrogens (tertiary/aromatic N) is 1. The van der Waals surface area contributed by atoms with Crippen LogP contribution in [0.3, 0.4) is 0 Å². The van der Waals surface area contributed by atoms with E-state index in [0.717, 1.165) is 12.1 Å². The molecule has 0 saturated heterocycles. The maximum Gasteiger partial charge on any atom is 0.461 e. The van der Waals surface area contributed by atoms with Crippen LogP contribution < -0.4 is 14.8 Å². The zero-order valence-electron chi connectivity index (χ0n) is 17.4. The Kier molecular flexibility index (Phi) is 7.90. The maximum atomic E-state index is 13.2. The van der Waals surface area contributed by atoms with Crippen LogP contribution in [-0.4, -0.2) is 39.9 Å². The number of hydrogen-bond donors (Lipinski definition) is 3. The van der Waals surface area contributed by atoms with Crippen molar-refractivity contribution in [3.05, 3.63) is 84.2 Å². The summed E-state index contributed by atoms with van der Waals surface area (Å²) in [6, 6.07) is 15.6. The van der Waals surface area contributed by atoms with Crippen molar-refractivity contribution in [1.82, 2.24) is 10.3 Å². The molecule has 3 rings (SSSR count). The van der Waals surface area contributed by atoms with Crippen LogP contribution in [0.1, 0.15) is 17.4 Å². The van der Waals surface area contributed by atoms with Crippen molar-refractivity contribution in [2.75, 3.05) is 0 Å². The maximum absolute atomic E-state index is 13.2. The van der Waals surface area contributed by atoms with Gasteiger partial charge in [0.1, 0.15) is 23.4 Å². The Morgan fingerprint density at radius 3 is 2.32 bits per heavy atom. The van der Waals surface area contributed by atoms with Crippen LogP contribution in [0.25, 0.3) is 0 Å². The lowest BCUT2D eigenvalue weighted by Gasteiger charge is -2.23. The number of para-hydroxylation sites is 1. The fourth-order valence-corrected chi connectivity index (χ4v) is 3.05. The second-order valence-electron chi connectivity index (χ2n) is 7.15. The van der Waals surface area contributed by atoms with E-state index in [0.29, 0.717) is 11.5 Å². The first kappa shape index (κ1) is 24.8. The lowest BCUT2D eigenvalue weighted by Crippen LogP contribution is -2.40. The number of aromatic nitrogens is 1. The number of ether oxygens (including phenoxy) is 2. The zero-order chi connectivity index (χ0) is 24.7. The van der Waals surface area contributed by atoms with Gasteiger partial charge in [0.2, 0.25) is 0 Å². The summed E-state index contributed by atoms with van der Waals surface area (Å²) in [6.07, 6.45) is -10.4. The molecule has 1 heterocycles. The minimum absolute atomic E-state index is 0.121. The summed E-state index contributed by atoms with van der Waals surface area (Å²) in [7, 11) is 0. The summed E-state index contributed by atoms with van der Waals surface area (Å²) in [6.45, 7) is 0. The minimum Gasteiger partial charge on any atom is -0.465 e. The lowest BCUT2D eigenvalue weighted by molar-refractivity contribution is -0.253. The number of halogens is 4. The molecule has 0 saturated carbocycles. The van der Waals surface area contributed by atoms with Crippen molar-refractivity contribution >= 4 is 6.09 Å². The molecule has 0 radical (unpaired) electrons. The smallest absolute Gasteiger partial charge is 0.461 e. The summed E-state index contributed by atoms with van der Waals surface area (Å²) < 4.78 is 60.9. The fraction of sp³-hybridized carbons (Fsp3) is 0.217. The highest BCUT2D eigenvalue weighted by atomic mass is 19.3. The third-order valence-corrected chi connectivity index (χ3v) is 4.59. The monoisotopic (exact) mass is 480 g/mol. The van der Waals surface area contributed by atoms with Crippen molar-refractivity contribution in [3.63, 3.8) is 0 Å². The number of pyridine rings is 1. The molecule has 0 aliphatic heterocycles. The largest absolute Gasteiger partial charge is 0.465 e. The lowest BCUT2D eigenvalue weighted by atomic mass is 9.98. The van der Waals surface area contributed by atoms with E-state index < -0.39 is 36.5 Å². The predicted octanol–water partition coefficient (Wildman–Crippen LogP) is 5.02. The molecule has 180 valence electrons. The van der Waals surface area contributed by atoms with E-state index in [1.165, 1.54) is 30.5 Å². The van der Waals surface area contributed by atoms with Crippen molar-refractivity contribution < 1.29 is 42.0 Å². The Labute approximate surface area is 191 Å². The van der Waals surface area contributed by atoms with Crippen LogP contribution in [0.2, 0.25) is 0 Å². The number of rotatable bonds is 10. The molecule has 0 spiro atoms. The normalized spacial score (nSPS) is 13.2. The number of alkyl halides is 4. The Hall–Kier alpha value is -3.86. The zero-order valence-corrected chi connectivity index (χ0v) is 17.4. The highest BCUT2D eigenvalue weighted by molar-refractivity contribution is 5.65. The molecule has 0 fully saturated rings. The minimum atomic E-state index is -4.69. The van der Waals surface area contributed by atoms with Crippen LogP contribution in [-0.2, 0) is 6.42 Å². The van der Waals surface area contributed by atoms with Gasteiger partial charge in [-0.2, -0.15) is 17.6 Å². The molecule has 2 aromatic carbocycles. The van der Waals surface area contributed by atoms with Crippen LogP contribution in [0.15, 0.2) is 72.9 Å². The van der Waals surface area contributed by atoms with Crippen molar-refractivity contribution in [2.24, 2.45) is 0 Å². The molecule has 0 aliphatic carbocycles. The molecule has 0 aliphatic rings. The van der Waals surface area contributed by atoms with Gasteiger partial charge in [0.25, 0.3) is 0 Å². The van der Waals surface area contributed by atoms with Crippen LogP contribution in [0.5, 0.6) is 17.2 Å². The second-order valence-corrected chi connectivity index (χ2v) is 7.15. The summed E-state index contributed by atoms with van der Waals surface area (Å²) in [5.74, 6) is 0.421. The Morgan fingerprint density at radius 2 is 1.71 bits per heavy atom. The molecule has 2 atom stereocenters. The number of aliphatic hydroxyl groups is 1. The molecule has 2 unspecified atom stereocenters. The quantitative estimate of drug-likeness (QED) is 0.352. The van der Waals surface area contributed by atoms with Crippen molar-refractivity contribution in [3.8, 4) is 17.2 Å². The number of carboxylic acid groups (broad SMARTS) is 1. The SMILES string of the molecule is O=C(O)NC(Cc1cccc(OC(F)(F)C(F)F)c1)C(O)c1ccc(Oc2ccccc2)cn1. The Balaban J connectivity index is 1.74.